The van der Waals surface area contributed by atoms with Gasteiger partial charge in [-0.2, -0.15) is 0 Å². The first-order valence-electron chi connectivity index (χ1n) is 6.87. The Hall–Kier alpha value is -1.24. The van der Waals surface area contributed by atoms with Crippen molar-refractivity contribution in [1.29, 1.82) is 0 Å². The summed E-state index contributed by atoms with van der Waals surface area (Å²) in [4.78, 5) is 36.7. The monoisotopic (exact) mass is 300 g/mol. The van der Waals surface area contributed by atoms with E-state index in [0.29, 0.717) is 18.7 Å². The fraction of sp³-hybridized carbons (Fsp3) is 0.769. The van der Waals surface area contributed by atoms with Gasteiger partial charge in [0.2, 0.25) is 5.91 Å². The second-order valence-corrected chi connectivity index (χ2v) is 6.72. The summed E-state index contributed by atoms with van der Waals surface area (Å²) in [6.45, 7) is 4.21. The number of thioether (sulfide) groups is 1. The Kier molecular flexibility index (Phi) is 4.57. The largest absolute Gasteiger partial charge is 0.454 e. The molecule has 2 fully saturated rings. The number of amides is 2. The summed E-state index contributed by atoms with van der Waals surface area (Å²) in [5.74, 6) is -0.253. The maximum absolute atomic E-state index is 12.0. The molecule has 0 spiro atoms. The first-order chi connectivity index (χ1) is 9.48. The highest BCUT2D eigenvalue weighted by molar-refractivity contribution is 8.01. The van der Waals surface area contributed by atoms with Crippen molar-refractivity contribution in [1.82, 2.24) is 10.2 Å². The summed E-state index contributed by atoms with van der Waals surface area (Å²) >= 11 is 1.61. The van der Waals surface area contributed by atoms with Crippen LogP contribution in [0.15, 0.2) is 0 Å². The lowest BCUT2D eigenvalue weighted by Gasteiger charge is -2.29. The molecule has 2 rings (SSSR count). The highest BCUT2D eigenvalue weighted by atomic mass is 32.2. The van der Waals surface area contributed by atoms with Crippen LogP contribution < -0.4 is 5.32 Å². The van der Waals surface area contributed by atoms with E-state index in [-0.39, 0.29) is 23.3 Å². The van der Waals surface area contributed by atoms with Crippen LogP contribution in [0.2, 0.25) is 0 Å². The number of rotatable bonds is 5. The molecular formula is C13H20N2O4S. The first kappa shape index (κ1) is 15.2. The van der Waals surface area contributed by atoms with E-state index >= 15 is 0 Å². The van der Waals surface area contributed by atoms with Gasteiger partial charge >= 0.3 is 5.97 Å². The zero-order valence-corrected chi connectivity index (χ0v) is 12.6. The van der Waals surface area contributed by atoms with Gasteiger partial charge in [-0.05, 0) is 19.8 Å². The summed E-state index contributed by atoms with van der Waals surface area (Å²) in [7, 11) is 0. The third kappa shape index (κ3) is 2.92. The zero-order chi connectivity index (χ0) is 14.8. The molecule has 2 atom stereocenters. The predicted octanol–water partition coefficient (Wildman–Crippen LogP) is 0.510. The summed E-state index contributed by atoms with van der Waals surface area (Å²) in [5, 5.41) is 2.64. The molecule has 0 saturated carbocycles. The lowest BCUT2D eigenvalue weighted by atomic mass is 10.2. The van der Waals surface area contributed by atoms with E-state index in [4.69, 9.17) is 4.74 Å². The fourth-order valence-corrected chi connectivity index (χ4v) is 3.96. The minimum Gasteiger partial charge on any atom is -0.454 e. The van der Waals surface area contributed by atoms with E-state index in [9.17, 15) is 14.4 Å². The summed E-state index contributed by atoms with van der Waals surface area (Å²) in [5.41, 5.74) is 0. The van der Waals surface area contributed by atoms with E-state index < -0.39 is 12.0 Å². The van der Waals surface area contributed by atoms with Crippen molar-refractivity contribution in [2.24, 2.45) is 0 Å². The molecule has 2 aliphatic heterocycles. The molecule has 2 aliphatic rings. The van der Waals surface area contributed by atoms with Crippen molar-refractivity contribution in [3.63, 3.8) is 0 Å². The lowest BCUT2D eigenvalue weighted by molar-refractivity contribution is -0.156. The molecule has 112 valence electrons. The minimum atomic E-state index is -0.557. The Morgan fingerprint density at radius 1 is 1.55 bits per heavy atom. The predicted molar refractivity (Wildman–Crippen MR) is 75.0 cm³/mol. The third-order valence-electron chi connectivity index (χ3n) is 3.63. The van der Waals surface area contributed by atoms with Crippen molar-refractivity contribution in [2.45, 2.75) is 44.0 Å². The summed E-state index contributed by atoms with van der Waals surface area (Å²) in [6.07, 6.45) is 2.07. The second kappa shape index (κ2) is 6.03. The molecule has 1 N–H and O–H groups in total. The number of nitrogens with zero attached hydrogens (tertiary/aromatic N) is 1. The zero-order valence-electron chi connectivity index (χ0n) is 11.8. The molecule has 0 aromatic rings. The number of carbonyl (C=O) groups excluding carboxylic acids is 3. The Morgan fingerprint density at radius 2 is 2.30 bits per heavy atom. The SMILES string of the molecule is CCCNC(=O)COC(=O)[C@@H]1CS[C@]2(C)CCC(=O)N12. The van der Waals surface area contributed by atoms with Gasteiger partial charge in [-0.1, -0.05) is 6.92 Å². The number of hydrogen-bond acceptors (Lipinski definition) is 5. The first-order valence-corrected chi connectivity index (χ1v) is 7.86. The van der Waals surface area contributed by atoms with Crippen molar-refractivity contribution < 1.29 is 19.1 Å². The number of fused-ring (bicyclic) bond motifs is 1. The highest BCUT2D eigenvalue weighted by Crippen LogP contribution is 2.47. The van der Waals surface area contributed by atoms with Crippen LogP contribution in [0, 0.1) is 0 Å². The Balaban J connectivity index is 1.87. The van der Waals surface area contributed by atoms with E-state index in [1.165, 1.54) is 0 Å². The molecule has 20 heavy (non-hydrogen) atoms. The maximum Gasteiger partial charge on any atom is 0.330 e. The van der Waals surface area contributed by atoms with Gasteiger partial charge in [0.1, 0.15) is 6.04 Å². The van der Waals surface area contributed by atoms with Crippen LogP contribution in [0.25, 0.3) is 0 Å². The van der Waals surface area contributed by atoms with Crippen LogP contribution in [0.4, 0.5) is 0 Å². The van der Waals surface area contributed by atoms with Gasteiger partial charge in [-0.25, -0.2) is 4.79 Å². The standard InChI is InChI=1S/C13H20N2O4S/c1-3-6-14-10(16)7-19-12(18)9-8-20-13(2)5-4-11(17)15(9)13/h9H,3-8H2,1-2H3,(H,14,16)/t9-,13+/m0/s1. The summed E-state index contributed by atoms with van der Waals surface area (Å²) in [6, 6.07) is -0.557. The van der Waals surface area contributed by atoms with Gasteiger partial charge in [0.05, 0.1) is 4.87 Å². The molecule has 7 heteroatoms. The van der Waals surface area contributed by atoms with Gasteiger partial charge in [-0.3, -0.25) is 9.59 Å². The normalized spacial score (nSPS) is 28.4. The molecule has 0 unspecified atom stereocenters. The topological polar surface area (TPSA) is 75.7 Å². The summed E-state index contributed by atoms with van der Waals surface area (Å²) < 4.78 is 5.03. The molecule has 0 aromatic heterocycles. The van der Waals surface area contributed by atoms with Gasteiger partial charge in [-0.15, -0.1) is 11.8 Å². The van der Waals surface area contributed by atoms with E-state index in [0.717, 1.165) is 12.8 Å². The van der Waals surface area contributed by atoms with Crippen molar-refractivity contribution in [3.8, 4) is 0 Å². The Bertz CT molecular complexity index is 429. The smallest absolute Gasteiger partial charge is 0.330 e. The van der Waals surface area contributed by atoms with E-state index in [2.05, 4.69) is 5.32 Å². The van der Waals surface area contributed by atoms with Gasteiger partial charge in [0.25, 0.3) is 5.91 Å². The molecule has 2 amide bonds. The van der Waals surface area contributed by atoms with Crippen molar-refractivity contribution in [3.05, 3.63) is 0 Å². The number of ether oxygens (including phenoxy) is 1. The Labute approximate surface area is 122 Å². The van der Waals surface area contributed by atoms with Crippen molar-refractivity contribution in [2.75, 3.05) is 18.9 Å². The molecule has 0 aromatic carbocycles. The maximum atomic E-state index is 12.0. The van der Waals surface area contributed by atoms with Crippen molar-refractivity contribution >= 4 is 29.5 Å². The third-order valence-corrected chi connectivity index (χ3v) is 5.14. The van der Waals surface area contributed by atoms with E-state index in [1.807, 2.05) is 13.8 Å². The van der Waals surface area contributed by atoms with Gasteiger partial charge < -0.3 is 15.0 Å². The second-order valence-electron chi connectivity index (χ2n) is 5.22. The number of carbonyl (C=O) groups is 3. The van der Waals surface area contributed by atoms with Gasteiger partial charge in [0, 0.05) is 18.7 Å². The van der Waals surface area contributed by atoms with Crippen LogP contribution >= 0.6 is 11.8 Å². The minimum absolute atomic E-state index is 0.00474. The Morgan fingerprint density at radius 3 is 3.00 bits per heavy atom. The van der Waals surface area contributed by atoms with Gasteiger partial charge in [0.15, 0.2) is 6.61 Å². The van der Waals surface area contributed by atoms with Crippen LogP contribution in [0.1, 0.15) is 33.1 Å². The fourth-order valence-electron chi connectivity index (χ4n) is 2.54. The number of nitrogens with one attached hydrogen (secondary N) is 1. The highest BCUT2D eigenvalue weighted by Gasteiger charge is 2.53. The molecule has 0 aliphatic carbocycles. The molecule has 0 radical (unpaired) electrons. The van der Waals surface area contributed by atoms with E-state index in [1.54, 1.807) is 16.7 Å². The lowest BCUT2D eigenvalue weighted by Crippen LogP contribution is -2.47. The molecule has 2 heterocycles. The van der Waals surface area contributed by atoms with Crippen LogP contribution in [0.3, 0.4) is 0 Å². The number of hydrogen-bond donors (Lipinski definition) is 1. The molecule has 0 bridgehead atoms. The van der Waals surface area contributed by atoms with Crippen LogP contribution in [-0.4, -0.2) is 52.5 Å². The average molecular weight is 300 g/mol. The molecule has 2 saturated heterocycles. The van der Waals surface area contributed by atoms with Crippen LogP contribution in [-0.2, 0) is 19.1 Å². The quantitative estimate of drug-likeness (QED) is 0.749. The molecule has 6 nitrogen and oxygen atoms in total. The molecular weight excluding hydrogens is 280 g/mol. The number of esters is 1. The average Bonchev–Trinajstić information content (AvgIpc) is 2.91. The van der Waals surface area contributed by atoms with Crippen LogP contribution in [0.5, 0.6) is 0 Å².